The third-order valence-corrected chi connectivity index (χ3v) is 3.54. The van der Waals surface area contributed by atoms with Gasteiger partial charge < -0.3 is 11.1 Å². The van der Waals surface area contributed by atoms with Crippen molar-refractivity contribution in [3.63, 3.8) is 0 Å². The molecule has 100 valence electrons. The van der Waals surface area contributed by atoms with Gasteiger partial charge in [0.1, 0.15) is 5.01 Å². The average Bonchev–Trinajstić information content (AvgIpc) is 2.81. The van der Waals surface area contributed by atoms with E-state index in [9.17, 15) is 4.79 Å². The van der Waals surface area contributed by atoms with Gasteiger partial charge in [0.05, 0.1) is 0 Å². The molecule has 0 aliphatic heterocycles. The van der Waals surface area contributed by atoms with Crippen LogP contribution in [0.3, 0.4) is 0 Å². The van der Waals surface area contributed by atoms with Crippen LogP contribution >= 0.6 is 11.3 Å². The topological polar surface area (TPSA) is 80.9 Å². The van der Waals surface area contributed by atoms with E-state index in [0.717, 1.165) is 29.0 Å². The van der Waals surface area contributed by atoms with Crippen LogP contribution in [0.25, 0.3) is 0 Å². The lowest BCUT2D eigenvalue weighted by Crippen LogP contribution is -2.25. The summed E-state index contributed by atoms with van der Waals surface area (Å²) in [6.45, 7) is 2.55. The van der Waals surface area contributed by atoms with E-state index in [1.165, 1.54) is 11.3 Å². The molecule has 19 heavy (non-hydrogen) atoms. The van der Waals surface area contributed by atoms with Crippen LogP contribution in [0.2, 0.25) is 0 Å². The van der Waals surface area contributed by atoms with E-state index in [0.29, 0.717) is 11.7 Å². The van der Waals surface area contributed by atoms with E-state index in [1.807, 2.05) is 31.2 Å². The van der Waals surface area contributed by atoms with Crippen molar-refractivity contribution in [3.8, 4) is 0 Å². The van der Waals surface area contributed by atoms with Crippen molar-refractivity contribution >= 4 is 22.4 Å². The molecule has 0 aliphatic carbocycles. The summed E-state index contributed by atoms with van der Waals surface area (Å²) in [7, 11) is 0. The van der Waals surface area contributed by atoms with E-state index in [4.69, 9.17) is 5.73 Å². The van der Waals surface area contributed by atoms with Gasteiger partial charge in [-0.2, -0.15) is 0 Å². The van der Waals surface area contributed by atoms with Crippen molar-refractivity contribution in [1.82, 2.24) is 15.5 Å². The highest BCUT2D eigenvalue weighted by Gasteiger charge is 2.07. The molecule has 6 heteroatoms. The van der Waals surface area contributed by atoms with Gasteiger partial charge in [-0.05, 0) is 25.0 Å². The summed E-state index contributed by atoms with van der Waals surface area (Å²) in [5.41, 5.74) is 7.21. The molecular formula is C13H16N4OS. The van der Waals surface area contributed by atoms with Gasteiger partial charge in [-0.1, -0.05) is 29.5 Å². The van der Waals surface area contributed by atoms with Gasteiger partial charge >= 0.3 is 0 Å². The molecule has 2 rings (SSSR count). The van der Waals surface area contributed by atoms with Crippen LogP contribution in [0, 0.1) is 6.92 Å². The van der Waals surface area contributed by atoms with Gasteiger partial charge in [-0.25, -0.2) is 0 Å². The predicted octanol–water partition coefficient (Wildman–Crippen LogP) is 1.79. The highest BCUT2D eigenvalue weighted by Crippen LogP contribution is 2.12. The molecule has 0 saturated carbocycles. The summed E-state index contributed by atoms with van der Waals surface area (Å²) in [4.78, 5) is 11.9. The summed E-state index contributed by atoms with van der Waals surface area (Å²) in [6.07, 6.45) is 1.61. The number of nitrogens with zero attached hydrogens (tertiary/aromatic N) is 2. The molecule has 1 amide bonds. The van der Waals surface area contributed by atoms with Crippen molar-refractivity contribution in [2.75, 3.05) is 12.3 Å². The molecule has 1 aromatic heterocycles. The van der Waals surface area contributed by atoms with Gasteiger partial charge in [-0.15, -0.1) is 10.2 Å². The fourth-order valence-electron chi connectivity index (χ4n) is 1.73. The predicted molar refractivity (Wildman–Crippen MR) is 76.2 cm³/mol. The van der Waals surface area contributed by atoms with Crippen molar-refractivity contribution in [2.45, 2.75) is 19.8 Å². The van der Waals surface area contributed by atoms with Gasteiger partial charge in [0.25, 0.3) is 5.91 Å². The number of hydrogen-bond acceptors (Lipinski definition) is 5. The zero-order chi connectivity index (χ0) is 13.7. The Morgan fingerprint density at radius 2 is 2.16 bits per heavy atom. The molecule has 0 aliphatic rings. The zero-order valence-electron chi connectivity index (χ0n) is 10.7. The molecular weight excluding hydrogens is 260 g/mol. The fraction of sp³-hybridized carbons (Fsp3) is 0.308. The molecule has 0 radical (unpaired) electrons. The molecule has 0 saturated heterocycles. The number of benzene rings is 1. The van der Waals surface area contributed by atoms with E-state index >= 15 is 0 Å². The van der Waals surface area contributed by atoms with Crippen molar-refractivity contribution in [2.24, 2.45) is 0 Å². The number of rotatable bonds is 5. The molecule has 1 heterocycles. The van der Waals surface area contributed by atoms with E-state index in [-0.39, 0.29) is 5.91 Å². The Morgan fingerprint density at radius 1 is 1.37 bits per heavy atom. The minimum Gasteiger partial charge on any atom is -0.374 e. The maximum atomic E-state index is 11.9. The Labute approximate surface area is 115 Å². The lowest BCUT2D eigenvalue weighted by molar-refractivity contribution is 0.0952. The molecule has 0 atom stereocenters. The fourth-order valence-corrected chi connectivity index (χ4v) is 2.38. The quantitative estimate of drug-likeness (QED) is 0.816. The third-order valence-electron chi connectivity index (χ3n) is 2.73. The number of aryl methyl sites for hydroxylation is 2. The summed E-state index contributed by atoms with van der Waals surface area (Å²) in [5, 5.41) is 12.0. The number of carbonyl (C=O) groups is 1. The number of hydrogen-bond donors (Lipinski definition) is 2. The maximum absolute atomic E-state index is 11.9. The van der Waals surface area contributed by atoms with E-state index in [1.54, 1.807) is 0 Å². The molecule has 0 bridgehead atoms. The summed E-state index contributed by atoms with van der Waals surface area (Å²) < 4.78 is 0. The highest BCUT2D eigenvalue weighted by atomic mass is 32.1. The van der Waals surface area contributed by atoms with Crippen LogP contribution in [0.1, 0.15) is 27.3 Å². The minimum absolute atomic E-state index is 0.0325. The first-order chi connectivity index (χ1) is 9.16. The van der Waals surface area contributed by atoms with E-state index < -0.39 is 0 Å². The van der Waals surface area contributed by atoms with Crippen LogP contribution in [0.4, 0.5) is 5.13 Å². The second-order valence-corrected chi connectivity index (χ2v) is 5.30. The van der Waals surface area contributed by atoms with Crippen LogP contribution < -0.4 is 11.1 Å². The molecule has 0 unspecified atom stereocenters. The van der Waals surface area contributed by atoms with Gasteiger partial charge in [0.2, 0.25) is 5.13 Å². The average molecular weight is 276 g/mol. The minimum atomic E-state index is -0.0325. The Kier molecular flexibility index (Phi) is 4.46. The Balaban J connectivity index is 1.77. The van der Waals surface area contributed by atoms with Gasteiger partial charge in [0, 0.05) is 18.5 Å². The van der Waals surface area contributed by atoms with Crippen molar-refractivity contribution in [1.29, 1.82) is 0 Å². The van der Waals surface area contributed by atoms with Crippen molar-refractivity contribution in [3.05, 3.63) is 40.4 Å². The van der Waals surface area contributed by atoms with Crippen LogP contribution in [0.15, 0.2) is 24.3 Å². The first-order valence-corrected chi connectivity index (χ1v) is 6.90. The number of nitrogen functional groups attached to an aromatic ring is 1. The van der Waals surface area contributed by atoms with Gasteiger partial charge in [-0.3, -0.25) is 4.79 Å². The monoisotopic (exact) mass is 276 g/mol. The molecule has 5 nitrogen and oxygen atoms in total. The SMILES string of the molecule is Cc1ccccc1C(=O)NCCCc1nnc(N)s1. The highest BCUT2D eigenvalue weighted by molar-refractivity contribution is 7.15. The normalized spacial score (nSPS) is 10.4. The molecule has 2 aromatic rings. The second-order valence-electron chi connectivity index (χ2n) is 4.21. The lowest BCUT2D eigenvalue weighted by Gasteiger charge is -2.06. The first kappa shape index (κ1) is 13.5. The first-order valence-electron chi connectivity index (χ1n) is 6.08. The third kappa shape index (κ3) is 3.75. The van der Waals surface area contributed by atoms with Crippen LogP contribution in [-0.2, 0) is 6.42 Å². The van der Waals surface area contributed by atoms with Crippen LogP contribution in [0.5, 0.6) is 0 Å². The Hall–Kier alpha value is -1.95. The second kappa shape index (κ2) is 6.29. The van der Waals surface area contributed by atoms with Gasteiger partial charge in [0.15, 0.2) is 0 Å². The molecule has 0 fully saturated rings. The largest absolute Gasteiger partial charge is 0.374 e. The maximum Gasteiger partial charge on any atom is 0.251 e. The molecule has 0 spiro atoms. The number of aromatic nitrogens is 2. The number of nitrogens with one attached hydrogen (secondary N) is 1. The molecule has 1 aromatic carbocycles. The summed E-state index contributed by atoms with van der Waals surface area (Å²) >= 11 is 1.39. The number of nitrogens with two attached hydrogens (primary N) is 1. The zero-order valence-corrected chi connectivity index (χ0v) is 11.5. The number of amides is 1. The molecule has 3 N–H and O–H groups in total. The smallest absolute Gasteiger partial charge is 0.251 e. The number of anilines is 1. The standard InChI is InChI=1S/C13H16N4OS/c1-9-5-2-3-6-10(9)12(18)15-8-4-7-11-16-17-13(14)19-11/h2-3,5-6H,4,7-8H2,1H3,(H2,14,17)(H,15,18). The Bertz CT molecular complexity index is 567. The number of carbonyl (C=O) groups excluding carboxylic acids is 1. The summed E-state index contributed by atoms with van der Waals surface area (Å²) in [6, 6.07) is 7.55. The van der Waals surface area contributed by atoms with Crippen LogP contribution in [-0.4, -0.2) is 22.6 Å². The summed E-state index contributed by atoms with van der Waals surface area (Å²) in [5.74, 6) is -0.0325. The van der Waals surface area contributed by atoms with E-state index in [2.05, 4.69) is 15.5 Å². The van der Waals surface area contributed by atoms with Crippen molar-refractivity contribution < 1.29 is 4.79 Å². The lowest BCUT2D eigenvalue weighted by atomic mass is 10.1. The Morgan fingerprint density at radius 3 is 2.84 bits per heavy atom.